The predicted molar refractivity (Wildman–Crippen MR) is 52.1 cm³/mol. The lowest BCUT2D eigenvalue weighted by Gasteiger charge is -2.20. The van der Waals surface area contributed by atoms with Crippen molar-refractivity contribution in [2.75, 3.05) is 7.05 Å². The molecule has 70 valence electrons. The van der Waals surface area contributed by atoms with Gasteiger partial charge in [-0.15, -0.1) is 0 Å². The van der Waals surface area contributed by atoms with Crippen LogP contribution >= 0.6 is 0 Å². The van der Waals surface area contributed by atoms with Crippen molar-refractivity contribution in [1.82, 2.24) is 5.32 Å². The Kier molecular flexibility index (Phi) is 5.64. The van der Waals surface area contributed by atoms with Gasteiger partial charge < -0.3 is 5.32 Å². The van der Waals surface area contributed by atoms with Gasteiger partial charge in [0, 0.05) is 12.0 Å². The molecular weight excluding hydrogens is 150 g/mol. The Morgan fingerprint density at radius 2 is 2.25 bits per heavy atom. The molecule has 0 aromatic heterocycles. The molecule has 2 atom stereocenters. The van der Waals surface area contributed by atoms with Gasteiger partial charge in [0.25, 0.3) is 0 Å². The third-order valence-electron chi connectivity index (χ3n) is 2.23. The highest BCUT2D eigenvalue weighted by Crippen LogP contribution is 2.12. The summed E-state index contributed by atoms with van der Waals surface area (Å²) in [5.41, 5.74) is 0. The second-order valence-corrected chi connectivity index (χ2v) is 3.08. The number of carbonyl (C=O) groups excluding carboxylic acids is 1. The zero-order chi connectivity index (χ0) is 9.56. The van der Waals surface area contributed by atoms with Crippen LogP contribution in [0, 0.1) is 5.92 Å². The molecule has 0 rings (SSSR count). The van der Waals surface area contributed by atoms with E-state index in [1.54, 1.807) is 0 Å². The molecule has 0 aliphatic carbocycles. The molecule has 0 saturated carbocycles. The van der Waals surface area contributed by atoms with Gasteiger partial charge in [-0.2, -0.15) is 0 Å². The van der Waals surface area contributed by atoms with Crippen molar-refractivity contribution in [1.29, 1.82) is 0 Å². The smallest absolute Gasteiger partial charge is 0.159 e. The van der Waals surface area contributed by atoms with E-state index in [-0.39, 0.29) is 17.7 Å². The fourth-order valence-electron chi connectivity index (χ4n) is 1.30. The van der Waals surface area contributed by atoms with E-state index in [2.05, 4.69) is 18.8 Å². The highest BCUT2D eigenvalue weighted by molar-refractivity contribution is 5.91. The van der Waals surface area contributed by atoms with Gasteiger partial charge in [0.1, 0.15) is 0 Å². The summed E-state index contributed by atoms with van der Waals surface area (Å²) in [5, 5.41) is 3.10. The summed E-state index contributed by atoms with van der Waals surface area (Å²) in [6.07, 6.45) is 3.40. The molecule has 0 aliphatic rings. The van der Waals surface area contributed by atoms with Crippen molar-refractivity contribution < 1.29 is 4.79 Å². The van der Waals surface area contributed by atoms with E-state index in [0.29, 0.717) is 0 Å². The summed E-state index contributed by atoms with van der Waals surface area (Å²) in [6.45, 7) is 7.62. The molecule has 0 fully saturated rings. The average Bonchev–Trinajstić information content (AvgIpc) is 2.11. The highest BCUT2D eigenvalue weighted by Gasteiger charge is 2.20. The Hall–Kier alpha value is -0.630. The van der Waals surface area contributed by atoms with Gasteiger partial charge >= 0.3 is 0 Å². The van der Waals surface area contributed by atoms with E-state index in [0.717, 1.165) is 12.8 Å². The van der Waals surface area contributed by atoms with E-state index >= 15 is 0 Å². The third-order valence-corrected chi connectivity index (χ3v) is 2.23. The molecule has 1 N–H and O–H groups in total. The molecule has 0 amide bonds. The summed E-state index contributed by atoms with van der Waals surface area (Å²) >= 11 is 0. The second-order valence-electron chi connectivity index (χ2n) is 3.08. The molecule has 0 radical (unpaired) electrons. The van der Waals surface area contributed by atoms with E-state index in [4.69, 9.17) is 0 Å². The van der Waals surface area contributed by atoms with Crippen LogP contribution in [0.2, 0.25) is 0 Å². The first kappa shape index (κ1) is 11.4. The molecule has 0 bridgehead atoms. The topological polar surface area (TPSA) is 29.1 Å². The lowest BCUT2D eigenvalue weighted by atomic mass is 9.92. The number of nitrogens with one attached hydrogen (secondary N) is 1. The predicted octanol–water partition coefficient (Wildman–Crippen LogP) is 1.77. The van der Waals surface area contributed by atoms with Gasteiger partial charge in [0.15, 0.2) is 5.78 Å². The molecule has 12 heavy (non-hydrogen) atoms. The van der Waals surface area contributed by atoms with Crippen molar-refractivity contribution in [3.8, 4) is 0 Å². The number of carbonyl (C=O) groups is 1. The molecule has 0 aliphatic heterocycles. The summed E-state index contributed by atoms with van der Waals surface area (Å²) in [5.74, 6) is 0.246. The van der Waals surface area contributed by atoms with Crippen LogP contribution in [0.5, 0.6) is 0 Å². The Bertz CT molecular complexity index is 154. The highest BCUT2D eigenvalue weighted by atomic mass is 16.1. The number of hydrogen-bond donors (Lipinski definition) is 1. The summed E-state index contributed by atoms with van der Waals surface area (Å²) in [7, 11) is 1.88. The van der Waals surface area contributed by atoms with E-state index in [9.17, 15) is 4.79 Å². The minimum atomic E-state index is 0.0949. The van der Waals surface area contributed by atoms with E-state index in [1.807, 2.05) is 14.0 Å². The van der Waals surface area contributed by atoms with Crippen LogP contribution < -0.4 is 5.32 Å². The first-order chi connectivity index (χ1) is 5.67. The summed E-state index contributed by atoms with van der Waals surface area (Å²) in [4.78, 5) is 11.3. The largest absolute Gasteiger partial charge is 0.317 e. The Morgan fingerprint density at radius 3 is 2.58 bits per heavy atom. The molecular formula is C10H19NO. The van der Waals surface area contributed by atoms with Crippen molar-refractivity contribution in [3.63, 3.8) is 0 Å². The van der Waals surface area contributed by atoms with Gasteiger partial charge in [0.2, 0.25) is 0 Å². The van der Waals surface area contributed by atoms with Crippen LogP contribution in [0.4, 0.5) is 0 Å². The Balaban J connectivity index is 4.20. The van der Waals surface area contributed by atoms with Gasteiger partial charge in [-0.05, 0) is 26.5 Å². The van der Waals surface area contributed by atoms with Crippen LogP contribution in [-0.4, -0.2) is 18.9 Å². The van der Waals surface area contributed by atoms with E-state index in [1.165, 1.54) is 6.08 Å². The van der Waals surface area contributed by atoms with E-state index < -0.39 is 0 Å². The zero-order valence-electron chi connectivity index (χ0n) is 8.26. The Labute approximate surface area is 75.0 Å². The molecule has 2 heteroatoms. The van der Waals surface area contributed by atoms with Crippen molar-refractivity contribution in [2.45, 2.75) is 32.7 Å². The number of hydrogen-bond acceptors (Lipinski definition) is 2. The van der Waals surface area contributed by atoms with Crippen LogP contribution in [0.15, 0.2) is 12.7 Å². The fourth-order valence-corrected chi connectivity index (χ4v) is 1.30. The number of ketones is 1. The maximum Gasteiger partial charge on any atom is 0.159 e. The van der Waals surface area contributed by atoms with Gasteiger partial charge in [0.05, 0.1) is 0 Å². The van der Waals surface area contributed by atoms with Crippen LogP contribution in [0.3, 0.4) is 0 Å². The van der Waals surface area contributed by atoms with Crippen LogP contribution in [0.1, 0.15) is 26.7 Å². The minimum absolute atomic E-state index is 0.0949. The quantitative estimate of drug-likeness (QED) is 0.614. The maximum absolute atomic E-state index is 11.3. The lowest BCUT2D eigenvalue weighted by Crippen LogP contribution is -2.34. The first-order valence-corrected chi connectivity index (χ1v) is 4.50. The first-order valence-electron chi connectivity index (χ1n) is 4.50. The third kappa shape index (κ3) is 3.18. The number of allylic oxidation sites excluding steroid dienone is 1. The molecule has 0 spiro atoms. The molecule has 0 aromatic carbocycles. The lowest BCUT2D eigenvalue weighted by molar-refractivity contribution is -0.119. The molecule has 0 aromatic rings. The molecule has 2 nitrogen and oxygen atoms in total. The summed E-state index contributed by atoms with van der Waals surface area (Å²) < 4.78 is 0. The van der Waals surface area contributed by atoms with Gasteiger partial charge in [-0.25, -0.2) is 0 Å². The van der Waals surface area contributed by atoms with Crippen molar-refractivity contribution in [2.24, 2.45) is 5.92 Å². The maximum atomic E-state index is 11.3. The van der Waals surface area contributed by atoms with Crippen LogP contribution in [-0.2, 0) is 4.79 Å². The summed E-state index contributed by atoms with van der Waals surface area (Å²) in [6, 6.07) is 0.246. The molecule has 0 saturated heterocycles. The zero-order valence-corrected chi connectivity index (χ0v) is 8.26. The van der Waals surface area contributed by atoms with Crippen molar-refractivity contribution >= 4 is 5.78 Å². The van der Waals surface area contributed by atoms with Crippen molar-refractivity contribution in [3.05, 3.63) is 12.7 Å². The van der Waals surface area contributed by atoms with Gasteiger partial charge in [-0.1, -0.05) is 19.9 Å². The Morgan fingerprint density at radius 1 is 1.67 bits per heavy atom. The number of rotatable bonds is 6. The standard InChI is InChI=1S/C10H19NO/c1-5-7-9(8(3)11-4)10(12)6-2/h6,8-9,11H,2,5,7H2,1,3-4H3/t8-,9-/m0/s1. The second kappa shape index (κ2) is 5.95. The normalized spacial score (nSPS) is 15.2. The minimum Gasteiger partial charge on any atom is -0.317 e. The SMILES string of the molecule is C=CC(=O)[C@@H](CCC)[C@H](C)NC. The molecule has 0 unspecified atom stereocenters. The average molecular weight is 169 g/mol. The molecule has 0 heterocycles. The fraction of sp³-hybridized carbons (Fsp3) is 0.700. The monoisotopic (exact) mass is 169 g/mol. The van der Waals surface area contributed by atoms with Crippen LogP contribution in [0.25, 0.3) is 0 Å². The van der Waals surface area contributed by atoms with Gasteiger partial charge in [-0.3, -0.25) is 4.79 Å².